The highest BCUT2D eigenvalue weighted by atomic mass is 16.5. The zero-order chi connectivity index (χ0) is 14.7. The smallest absolute Gasteiger partial charge is 0.306 e. The molecular weight excluding hydrogens is 246 g/mol. The maximum atomic E-state index is 11.8. The molecule has 0 atom stereocenters. The fourth-order valence-corrected chi connectivity index (χ4v) is 1.68. The summed E-state index contributed by atoms with van der Waals surface area (Å²) in [5, 5.41) is 0. The predicted molar refractivity (Wildman–Crippen MR) is 74.7 cm³/mol. The number of hydrogen-bond acceptors (Lipinski definition) is 5. The Morgan fingerprint density at radius 1 is 1.16 bits per heavy atom. The Morgan fingerprint density at radius 2 is 1.79 bits per heavy atom. The average Bonchev–Trinajstić information content (AvgIpc) is 2.43. The van der Waals surface area contributed by atoms with Crippen molar-refractivity contribution >= 4 is 11.9 Å². The largest absolute Gasteiger partial charge is 0.469 e. The minimum atomic E-state index is -0.218. The third kappa shape index (κ3) is 8.56. The van der Waals surface area contributed by atoms with Crippen molar-refractivity contribution in [3.8, 4) is 0 Å². The monoisotopic (exact) mass is 273 g/mol. The quantitative estimate of drug-likeness (QED) is 0.570. The lowest BCUT2D eigenvalue weighted by Crippen LogP contribution is -2.34. The minimum absolute atomic E-state index is 0.116. The van der Waals surface area contributed by atoms with Crippen LogP contribution in [0.5, 0.6) is 0 Å². The minimum Gasteiger partial charge on any atom is -0.469 e. The van der Waals surface area contributed by atoms with Crippen molar-refractivity contribution in [1.82, 2.24) is 9.80 Å². The predicted octanol–water partition coefficient (Wildman–Crippen LogP) is 0.0687. The number of hydrogen-bond donors (Lipinski definition) is 1. The molecule has 0 unspecified atom stereocenters. The summed E-state index contributed by atoms with van der Waals surface area (Å²) in [6.45, 7) is 5.42. The van der Waals surface area contributed by atoms with Crippen LogP contribution in [0.3, 0.4) is 0 Å². The van der Waals surface area contributed by atoms with Crippen molar-refractivity contribution in [2.24, 2.45) is 5.73 Å². The average molecular weight is 273 g/mol. The molecule has 19 heavy (non-hydrogen) atoms. The zero-order valence-corrected chi connectivity index (χ0v) is 12.4. The molecule has 0 aromatic heterocycles. The van der Waals surface area contributed by atoms with Gasteiger partial charge in [-0.15, -0.1) is 0 Å². The second-order valence-corrected chi connectivity index (χ2v) is 4.47. The van der Waals surface area contributed by atoms with Crippen LogP contribution < -0.4 is 5.73 Å². The van der Waals surface area contributed by atoms with Crippen LogP contribution in [0.25, 0.3) is 0 Å². The Hall–Kier alpha value is -1.14. The van der Waals surface area contributed by atoms with E-state index in [1.54, 1.807) is 11.9 Å². The molecule has 0 saturated carbocycles. The highest BCUT2D eigenvalue weighted by Crippen LogP contribution is 1.99. The van der Waals surface area contributed by atoms with Crippen molar-refractivity contribution in [2.75, 3.05) is 46.9 Å². The molecule has 1 amide bonds. The highest BCUT2D eigenvalue weighted by Gasteiger charge is 2.11. The van der Waals surface area contributed by atoms with E-state index in [9.17, 15) is 9.59 Å². The molecule has 6 heteroatoms. The van der Waals surface area contributed by atoms with Crippen LogP contribution in [0.15, 0.2) is 0 Å². The Labute approximate surface area is 115 Å². The summed E-state index contributed by atoms with van der Waals surface area (Å²) in [7, 11) is 3.18. The van der Waals surface area contributed by atoms with Gasteiger partial charge in [0.25, 0.3) is 0 Å². The summed E-state index contributed by atoms with van der Waals surface area (Å²) in [6.07, 6.45) is 1.65. The topological polar surface area (TPSA) is 75.9 Å². The summed E-state index contributed by atoms with van der Waals surface area (Å²) in [4.78, 5) is 26.7. The third-order valence-electron chi connectivity index (χ3n) is 3.07. The molecule has 0 radical (unpaired) electrons. The SMILES string of the molecule is CCN(CCC(=O)OC)CCC(=O)N(C)CCCN. The van der Waals surface area contributed by atoms with Crippen LogP contribution in [0.2, 0.25) is 0 Å². The van der Waals surface area contributed by atoms with Crippen LogP contribution in [0.4, 0.5) is 0 Å². The molecule has 0 heterocycles. The standard InChI is InChI=1S/C13H27N3O3/c1-4-16(11-7-13(18)19-3)10-6-12(17)15(2)9-5-8-14/h4-11,14H2,1-3H3. The van der Waals surface area contributed by atoms with Crippen LogP contribution in [0.1, 0.15) is 26.2 Å². The van der Waals surface area contributed by atoms with Gasteiger partial charge in [-0.1, -0.05) is 6.92 Å². The second kappa shape index (κ2) is 10.8. The molecule has 0 rings (SSSR count). The van der Waals surface area contributed by atoms with Crippen molar-refractivity contribution in [1.29, 1.82) is 0 Å². The molecule has 0 saturated heterocycles. The Balaban J connectivity index is 3.92. The van der Waals surface area contributed by atoms with E-state index >= 15 is 0 Å². The number of methoxy groups -OCH3 is 1. The van der Waals surface area contributed by atoms with E-state index in [1.807, 2.05) is 6.92 Å². The van der Waals surface area contributed by atoms with E-state index in [2.05, 4.69) is 9.64 Å². The molecule has 0 aromatic rings. The van der Waals surface area contributed by atoms with Crippen molar-refractivity contribution in [3.63, 3.8) is 0 Å². The number of esters is 1. The van der Waals surface area contributed by atoms with Gasteiger partial charge in [0.1, 0.15) is 0 Å². The van der Waals surface area contributed by atoms with Gasteiger partial charge < -0.3 is 20.3 Å². The van der Waals surface area contributed by atoms with Gasteiger partial charge >= 0.3 is 5.97 Å². The Morgan fingerprint density at radius 3 is 2.32 bits per heavy atom. The first kappa shape index (κ1) is 17.9. The number of nitrogens with zero attached hydrogens (tertiary/aromatic N) is 2. The van der Waals surface area contributed by atoms with Crippen molar-refractivity contribution in [3.05, 3.63) is 0 Å². The Bertz CT molecular complexity index is 272. The van der Waals surface area contributed by atoms with Gasteiger partial charge in [-0.2, -0.15) is 0 Å². The highest BCUT2D eigenvalue weighted by molar-refractivity contribution is 5.76. The molecule has 6 nitrogen and oxygen atoms in total. The third-order valence-corrected chi connectivity index (χ3v) is 3.07. The van der Waals surface area contributed by atoms with E-state index in [-0.39, 0.29) is 11.9 Å². The molecule has 0 bridgehead atoms. The van der Waals surface area contributed by atoms with E-state index in [1.165, 1.54) is 7.11 Å². The molecule has 0 aliphatic rings. The fraction of sp³-hybridized carbons (Fsp3) is 0.846. The number of nitrogens with two attached hydrogens (primary N) is 1. The molecule has 0 aromatic carbocycles. The van der Waals surface area contributed by atoms with Crippen LogP contribution in [-0.4, -0.2) is 68.6 Å². The first-order chi connectivity index (χ1) is 9.04. The molecule has 0 fully saturated rings. The molecule has 0 spiro atoms. The summed E-state index contributed by atoms with van der Waals surface area (Å²) in [6, 6.07) is 0. The maximum absolute atomic E-state index is 11.8. The number of ether oxygens (including phenoxy) is 1. The van der Waals surface area contributed by atoms with E-state index in [4.69, 9.17) is 5.73 Å². The number of amides is 1. The van der Waals surface area contributed by atoms with Gasteiger partial charge in [-0.25, -0.2) is 0 Å². The maximum Gasteiger partial charge on any atom is 0.306 e. The Kier molecular flexibility index (Phi) is 10.1. The molecular formula is C13H27N3O3. The van der Waals surface area contributed by atoms with Gasteiger partial charge in [0.05, 0.1) is 13.5 Å². The second-order valence-electron chi connectivity index (χ2n) is 4.47. The summed E-state index contributed by atoms with van der Waals surface area (Å²) >= 11 is 0. The summed E-state index contributed by atoms with van der Waals surface area (Å²) in [5.74, 6) is -0.102. The molecule has 2 N–H and O–H groups in total. The number of rotatable bonds is 10. The lowest BCUT2D eigenvalue weighted by molar-refractivity contribution is -0.140. The first-order valence-electron chi connectivity index (χ1n) is 6.78. The van der Waals surface area contributed by atoms with Gasteiger partial charge in [-0.3, -0.25) is 9.59 Å². The number of carbonyl (C=O) groups is 2. The number of carbonyl (C=O) groups excluding carboxylic acids is 2. The van der Waals surface area contributed by atoms with Crippen molar-refractivity contribution < 1.29 is 14.3 Å². The van der Waals surface area contributed by atoms with E-state index in [0.717, 1.165) is 13.0 Å². The van der Waals surface area contributed by atoms with Crippen LogP contribution >= 0.6 is 0 Å². The summed E-state index contributed by atoms with van der Waals surface area (Å²) < 4.78 is 4.60. The van der Waals surface area contributed by atoms with Crippen LogP contribution in [-0.2, 0) is 14.3 Å². The first-order valence-corrected chi connectivity index (χ1v) is 6.78. The zero-order valence-electron chi connectivity index (χ0n) is 12.4. The molecule has 0 aliphatic heterocycles. The van der Waals surface area contributed by atoms with Crippen LogP contribution in [0, 0.1) is 0 Å². The van der Waals surface area contributed by atoms with E-state index < -0.39 is 0 Å². The molecule has 112 valence electrons. The normalized spacial score (nSPS) is 10.6. The lowest BCUT2D eigenvalue weighted by atomic mass is 10.3. The van der Waals surface area contributed by atoms with Crippen molar-refractivity contribution in [2.45, 2.75) is 26.2 Å². The van der Waals surface area contributed by atoms with Gasteiger partial charge in [-0.05, 0) is 19.5 Å². The lowest BCUT2D eigenvalue weighted by Gasteiger charge is -2.22. The summed E-state index contributed by atoms with van der Waals surface area (Å²) in [5.41, 5.74) is 5.41. The van der Waals surface area contributed by atoms with Gasteiger partial charge in [0, 0.05) is 33.1 Å². The fourth-order valence-electron chi connectivity index (χ4n) is 1.68. The van der Waals surface area contributed by atoms with Gasteiger partial charge in [0.15, 0.2) is 0 Å². The van der Waals surface area contributed by atoms with E-state index in [0.29, 0.717) is 39.0 Å². The van der Waals surface area contributed by atoms with Gasteiger partial charge in [0.2, 0.25) is 5.91 Å². The molecule has 0 aliphatic carbocycles.